The summed E-state index contributed by atoms with van der Waals surface area (Å²) in [5.74, 6) is 0.372. The molecule has 1 heterocycles. The van der Waals surface area contributed by atoms with Gasteiger partial charge >= 0.3 is 5.97 Å². The number of nitrogens with zero attached hydrogens (tertiary/aromatic N) is 1. The molecule has 2 unspecified atom stereocenters. The highest BCUT2D eigenvalue weighted by atomic mass is 32.1. The zero-order valence-corrected chi connectivity index (χ0v) is 12.7. The molecule has 4 nitrogen and oxygen atoms in total. The number of thiazole rings is 1. The Kier molecular flexibility index (Phi) is 4.80. The summed E-state index contributed by atoms with van der Waals surface area (Å²) in [6, 6.07) is 0.495. The number of carbonyl (C=O) groups is 1. The lowest BCUT2D eigenvalue weighted by Gasteiger charge is -2.31. The van der Waals surface area contributed by atoms with Gasteiger partial charge in [0.2, 0.25) is 0 Å². The van der Waals surface area contributed by atoms with Gasteiger partial charge in [0.1, 0.15) is 0 Å². The van der Waals surface area contributed by atoms with Crippen LogP contribution in [0.2, 0.25) is 0 Å². The highest BCUT2D eigenvalue weighted by Crippen LogP contribution is 2.31. The first-order valence-electron chi connectivity index (χ1n) is 6.98. The summed E-state index contributed by atoms with van der Waals surface area (Å²) < 4.78 is 4.74. The van der Waals surface area contributed by atoms with E-state index in [1.54, 1.807) is 11.3 Å². The Morgan fingerprint density at radius 1 is 1.47 bits per heavy atom. The van der Waals surface area contributed by atoms with Gasteiger partial charge in [0, 0.05) is 10.9 Å². The summed E-state index contributed by atoms with van der Waals surface area (Å²) in [6.07, 6.45) is 6.31. The molecule has 106 valence electrons. The average molecular weight is 282 g/mol. The summed E-state index contributed by atoms with van der Waals surface area (Å²) in [7, 11) is 1.39. The minimum atomic E-state index is -0.350. The Morgan fingerprint density at radius 3 is 2.89 bits per heavy atom. The summed E-state index contributed by atoms with van der Waals surface area (Å²) in [6.45, 7) is 4.16. The highest BCUT2D eigenvalue weighted by Gasteiger charge is 2.25. The van der Waals surface area contributed by atoms with E-state index in [0.29, 0.717) is 11.7 Å². The number of methoxy groups -OCH3 is 1. The Balaban J connectivity index is 2.08. The van der Waals surface area contributed by atoms with E-state index < -0.39 is 0 Å². The quantitative estimate of drug-likeness (QED) is 0.857. The third-order valence-corrected chi connectivity index (χ3v) is 4.82. The molecule has 1 aliphatic carbocycles. The first kappa shape index (κ1) is 14.3. The number of rotatable bonds is 4. The molecule has 0 spiro atoms. The molecule has 0 amide bonds. The number of hydrogen-bond acceptors (Lipinski definition) is 5. The van der Waals surface area contributed by atoms with Crippen LogP contribution in [0.4, 0.5) is 5.13 Å². The monoisotopic (exact) mass is 282 g/mol. The molecular formula is C14H22N2O2S. The number of nitrogens with one attached hydrogen (secondary N) is 1. The van der Waals surface area contributed by atoms with Crippen LogP contribution in [0.3, 0.4) is 0 Å². The minimum Gasteiger partial charge on any atom is -0.464 e. The zero-order valence-electron chi connectivity index (χ0n) is 11.9. The Morgan fingerprint density at radius 2 is 2.21 bits per heavy atom. The molecule has 0 saturated heterocycles. The van der Waals surface area contributed by atoms with Gasteiger partial charge in [-0.05, 0) is 25.7 Å². The lowest BCUT2D eigenvalue weighted by molar-refractivity contribution is 0.0594. The summed E-state index contributed by atoms with van der Waals surface area (Å²) in [4.78, 5) is 16.8. The molecular weight excluding hydrogens is 260 g/mol. The molecule has 0 aromatic carbocycles. The van der Waals surface area contributed by atoms with Gasteiger partial charge in [-0.2, -0.15) is 0 Å². The van der Waals surface area contributed by atoms with Crippen molar-refractivity contribution in [2.45, 2.75) is 52.0 Å². The number of hydrogen-bond donors (Lipinski definition) is 1. The van der Waals surface area contributed by atoms with E-state index in [9.17, 15) is 4.79 Å². The van der Waals surface area contributed by atoms with Crippen molar-refractivity contribution >= 4 is 22.4 Å². The third kappa shape index (κ3) is 3.26. The first-order valence-corrected chi connectivity index (χ1v) is 7.79. The Bertz CT molecular complexity index is 445. The highest BCUT2D eigenvalue weighted by molar-refractivity contribution is 7.15. The van der Waals surface area contributed by atoms with Crippen molar-refractivity contribution in [1.29, 1.82) is 0 Å². The van der Waals surface area contributed by atoms with Crippen LogP contribution in [0.5, 0.6) is 0 Å². The van der Waals surface area contributed by atoms with Crippen molar-refractivity contribution in [3.63, 3.8) is 0 Å². The zero-order chi connectivity index (χ0) is 13.8. The Hall–Kier alpha value is -1.10. The van der Waals surface area contributed by atoms with Crippen molar-refractivity contribution in [2.24, 2.45) is 5.92 Å². The van der Waals surface area contributed by atoms with Gasteiger partial charge in [-0.1, -0.05) is 26.2 Å². The number of carbonyl (C=O) groups excluding carboxylic acids is 1. The molecule has 1 fully saturated rings. The second-order valence-corrected chi connectivity index (χ2v) is 6.32. The van der Waals surface area contributed by atoms with Crippen LogP contribution in [0.25, 0.3) is 0 Å². The second-order valence-electron chi connectivity index (χ2n) is 5.12. The normalized spacial score (nSPS) is 23.1. The molecule has 0 bridgehead atoms. The van der Waals surface area contributed by atoms with Gasteiger partial charge in [-0.15, -0.1) is 11.3 Å². The maximum absolute atomic E-state index is 11.6. The summed E-state index contributed by atoms with van der Waals surface area (Å²) >= 11 is 1.54. The maximum Gasteiger partial charge on any atom is 0.357 e. The second kappa shape index (κ2) is 6.37. The largest absolute Gasteiger partial charge is 0.464 e. The fourth-order valence-corrected chi connectivity index (χ4v) is 3.65. The van der Waals surface area contributed by atoms with E-state index in [4.69, 9.17) is 4.74 Å². The van der Waals surface area contributed by atoms with Crippen molar-refractivity contribution in [2.75, 3.05) is 12.4 Å². The molecule has 2 rings (SSSR count). The van der Waals surface area contributed by atoms with E-state index in [1.807, 2.05) is 6.92 Å². The number of aromatic nitrogens is 1. The number of esters is 1. The van der Waals surface area contributed by atoms with Crippen LogP contribution in [0.15, 0.2) is 0 Å². The van der Waals surface area contributed by atoms with Crippen molar-refractivity contribution in [3.8, 4) is 0 Å². The Labute approximate surface area is 118 Å². The SMILES string of the molecule is CCC1CCCCC1Nc1nc(C(=O)OC)c(C)s1. The van der Waals surface area contributed by atoms with Gasteiger partial charge < -0.3 is 10.1 Å². The van der Waals surface area contributed by atoms with E-state index in [2.05, 4.69) is 17.2 Å². The van der Waals surface area contributed by atoms with Crippen molar-refractivity contribution in [3.05, 3.63) is 10.6 Å². The first-order chi connectivity index (χ1) is 9.15. The predicted octanol–water partition coefficient (Wildman–Crippen LogP) is 3.62. The van der Waals surface area contributed by atoms with Gasteiger partial charge in [0.25, 0.3) is 0 Å². The standard InChI is InChI=1S/C14H22N2O2S/c1-4-10-7-5-6-8-11(10)15-14-16-12(9(2)19-14)13(17)18-3/h10-11H,4-8H2,1-3H3,(H,15,16). The maximum atomic E-state index is 11.6. The molecule has 1 aliphatic rings. The number of anilines is 1. The van der Waals surface area contributed by atoms with E-state index in [0.717, 1.165) is 15.9 Å². The van der Waals surface area contributed by atoms with Gasteiger partial charge in [-0.3, -0.25) is 0 Å². The topological polar surface area (TPSA) is 51.2 Å². The molecule has 5 heteroatoms. The van der Waals surface area contributed by atoms with Crippen molar-refractivity contribution in [1.82, 2.24) is 4.98 Å². The summed E-state index contributed by atoms with van der Waals surface area (Å²) in [5.41, 5.74) is 0.443. The van der Waals surface area contributed by atoms with Gasteiger partial charge in [0.15, 0.2) is 10.8 Å². The lowest BCUT2D eigenvalue weighted by atomic mass is 9.83. The van der Waals surface area contributed by atoms with Crippen LogP contribution >= 0.6 is 11.3 Å². The van der Waals surface area contributed by atoms with Crippen LogP contribution in [-0.2, 0) is 4.74 Å². The summed E-state index contributed by atoms with van der Waals surface area (Å²) in [5, 5.41) is 4.37. The molecule has 0 radical (unpaired) electrons. The predicted molar refractivity (Wildman–Crippen MR) is 77.9 cm³/mol. The van der Waals surface area contributed by atoms with E-state index in [-0.39, 0.29) is 5.97 Å². The molecule has 2 atom stereocenters. The van der Waals surface area contributed by atoms with Crippen LogP contribution in [0.1, 0.15) is 54.4 Å². The fourth-order valence-electron chi connectivity index (χ4n) is 2.79. The smallest absolute Gasteiger partial charge is 0.357 e. The van der Waals surface area contributed by atoms with Crippen LogP contribution in [0, 0.1) is 12.8 Å². The van der Waals surface area contributed by atoms with Crippen LogP contribution in [-0.4, -0.2) is 24.1 Å². The third-order valence-electron chi connectivity index (χ3n) is 3.92. The lowest BCUT2D eigenvalue weighted by Crippen LogP contribution is -2.31. The van der Waals surface area contributed by atoms with Crippen molar-refractivity contribution < 1.29 is 9.53 Å². The molecule has 1 N–H and O–H groups in total. The van der Waals surface area contributed by atoms with Gasteiger partial charge in [-0.25, -0.2) is 9.78 Å². The molecule has 1 aromatic rings. The van der Waals surface area contributed by atoms with Gasteiger partial charge in [0.05, 0.1) is 7.11 Å². The minimum absolute atomic E-state index is 0.350. The van der Waals surface area contributed by atoms with Crippen LogP contribution < -0.4 is 5.32 Å². The molecule has 1 aromatic heterocycles. The number of ether oxygens (including phenoxy) is 1. The van der Waals surface area contributed by atoms with E-state index in [1.165, 1.54) is 39.2 Å². The molecule has 1 saturated carbocycles. The molecule has 0 aliphatic heterocycles. The average Bonchev–Trinajstić information content (AvgIpc) is 2.79. The molecule has 19 heavy (non-hydrogen) atoms. The fraction of sp³-hybridized carbons (Fsp3) is 0.714. The number of aryl methyl sites for hydroxylation is 1. The van der Waals surface area contributed by atoms with E-state index >= 15 is 0 Å².